The van der Waals surface area contributed by atoms with Crippen molar-refractivity contribution in [2.24, 2.45) is 0 Å². The second-order valence-corrected chi connectivity index (χ2v) is 6.91. The highest BCUT2D eigenvalue weighted by molar-refractivity contribution is 9.10. The Kier molecular flexibility index (Phi) is 4.75. The maximum atomic E-state index is 13.2. The first-order valence-electron chi connectivity index (χ1n) is 8.01. The second-order valence-electron chi connectivity index (χ2n) is 5.72. The molecular formula is C18H12BrClFN5O. The van der Waals surface area contributed by atoms with Crippen LogP contribution in [-0.2, 0) is 6.54 Å². The second kappa shape index (κ2) is 7.21. The van der Waals surface area contributed by atoms with Gasteiger partial charge < -0.3 is 0 Å². The topological polar surface area (TPSA) is 65.6 Å². The molecule has 0 N–H and O–H groups in total. The van der Waals surface area contributed by atoms with E-state index >= 15 is 0 Å². The summed E-state index contributed by atoms with van der Waals surface area (Å²) in [5, 5.41) is 4.63. The summed E-state index contributed by atoms with van der Waals surface area (Å²) in [6.45, 7) is 0.302. The van der Waals surface area contributed by atoms with Crippen molar-refractivity contribution in [3.63, 3.8) is 0 Å². The van der Waals surface area contributed by atoms with Crippen molar-refractivity contribution in [1.82, 2.24) is 24.3 Å². The summed E-state index contributed by atoms with van der Waals surface area (Å²) in [6, 6.07) is 9.40. The van der Waals surface area contributed by atoms with Gasteiger partial charge in [-0.1, -0.05) is 0 Å². The molecule has 9 heteroatoms. The molecule has 0 saturated heterocycles. The number of aromatic nitrogens is 5. The first kappa shape index (κ1) is 17.8. The lowest BCUT2D eigenvalue weighted by molar-refractivity contribution is 0.627. The van der Waals surface area contributed by atoms with E-state index in [1.54, 1.807) is 24.4 Å². The molecule has 0 spiro atoms. The molecule has 4 rings (SSSR count). The number of hydrogen-bond donors (Lipinski definition) is 0. The van der Waals surface area contributed by atoms with Gasteiger partial charge in [-0.3, -0.25) is 9.36 Å². The number of nitrogens with zero attached hydrogens (tertiary/aromatic N) is 5. The highest BCUT2D eigenvalue weighted by atomic mass is 79.9. The number of alkyl halides is 1. The fourth-order valence-corrected chi connectivity index (χ4v) is 3.20. The van der Waals surface area contributed by atoms with Crippen LogP contribution in [0, 0.1) is 5.82 Å². The lowest BCUT2D eigenvalue weighted by atomic mass is 10.2. The highest BCUT2D eigenvalue weighted by Gasteiger charge is 2.17. The molecule has 0 amide bonds. The molecule has 0 bridgehead atoms. The average Bonchev–Trinajstić information content (AvgIpc) is 3.09. The van der Waals surface area contributed by atoms with Crippen LogP contribution in [0.1, 0.15) is 0 Å². The molecule has 0 aliphatic carbocycles. The summed E-state index contributed by atoms with van der Waals surface area (Å²) in [7, 11) is 0. The summed E-state index contributed by atoms with van der Waals surface area (Å²) in [4.78, 5) is 21.9. The van der Waals surface area contributed by atoms with Gasteiger partial charge in [-0.05, 0) is 52.3 Å². The average molecular weight is 449 g/mol. The van der Waals surface area contributed by atoms with Crippen molar-refractivity contribution in [2.75, 3.05) is 5.88 Å². The van der Waals surface area contributed by atoms with Crippen LogP contribution >= 0.6 is 27.5 Å². The molecule has 3 aromatic heterocycles. The van der Waals surface area contributed by atoms with Crippen molar-refractivity contribution < 1.29 is 4.39 Å². The van der Waals surface area contributed by atoms with E-state index in [1.165, 1.54) is 27.6 Å². The highest BCUT2D eigenvalue weighted by Crippen LogP contribution is 2.21. The van der Waals surface area contributed by atoms with Crippen LogP contribution in [-0.4, -0.2) is 30.2 Å². The number of rotatable bonds is 4. The van der Waals surface area contributed by atoms with Gasteiger partial charge in [0.15, 0.2) is 5.65 Å². The SMILES string of the molecule is O=c1c2cnn(-c3ccc(F)cc3)c2nc(-c2ccc(Br)nc2)n1CCCl. The van der Waals surface area contributed by atoms with Crippen molar-refractivity contribution >= 4 is 38.6 Å². The van der Waals surface area contributed by atoms with E-state index in [0.29, 0.717) is 39.3 Å². The summed E-state index contributed by atoms with van der Waals surface area (Å²) in [6.07, 6.45) is 3.09. The van der Waals surface area contributed by atoms with E-state index in [4.69, 9.17) is 11.6 Å². The minimum Gasteiger partial charge on any atom is -0.291 e. The van der Waals surface area contributed by atoms with E-state index in [0.717, 1.165) is 0 Å². The molecule has 0 fully saturated rings. The summed E-state index contributed by atoms with van der Waals surface area (Å²) in [5.74, 6) is 0.349. The fourth-order valence-electron chi connectivity index (χ4n) is 2.79. The molecule has 0 radical (unpaired) electrons. The van der Waals surface area contributed by atoms with E-state index in [9.17, 15) is 9.18 Å². The van der Waals surface area contributed by atoms with Crippen LogP contribution in [0.4, 0.5) is 4.39 Å². The van der Waals surface area contributed by atoms with E-state index in [-0.39, 0.29) is 17.3 Å². The Morgan fingerprint density at radius 2 is 1.89 bits per heavy atom. The van der Waals surface area contributed by atoms with Crippen molar-refractivity contribution in [1.29, 1.82) is 0 Å². The molecule has 0 saturated carbocycles. The van der Waals surface area contributed by atoms with Crippen LogP contribution in [0.2, 0.25) is 0 Å². The van der Waals surface area contributed by atoms with Crippen LogP contribution < -0.4 is 5.56 Å². The zero-order valence-corrected chi connectivity index (χ0v) is 16.2. The maximum Gasteiger partial charge on any atom is 0.264 e. The number of pyridine rings is 1. The summed E-state index contributed by atoms with van der Waals surface area (Å²) in [5.41, 5.74) is 1.42. The molecule has 27 heavy (non-hydrogen) atoms. The summed E-state index contributed by atoms with van der Waals surface area (Å²) >= 11 is 9.19. The van der Waals surface area contributed by atoms with E-state index < -0.39 is 0 Å². The van der Waals surface area contributed by atoms with Gasteiger partial charge in [-0.15, -0.1) is 11.6 Å². The lowest BCUT2D eigenvalue weighted by Gasteiger charge is -2.12. The lowest BCUT2D eigenvalue weighted by Crippen LogP contribution is -2.24. The van der Waals surface area contributed by atoms with Gasteiger partial charge in [0.1, 0.15) is 21.6 Å². The summed E-state index contributed by atoms with van der Waals surface area (Å²) < 4.78 is 16.9. The van der Waals surface area contributed by atoms with E-state index in [2.05, 4.69) is 31.0 Å². The minimum atomic E-state index is -0.353. The first-order chi connectivity index (χ1) is 13.1. The van der Waals surface area contributed by atoms with Gasteiger partial charge in [-0.25, -0.2) is 19.0 Å². The van der Waals surface area contributed by atoms with Crippen LogP contribution in [0.3, 0.4) is 0 Å². The number of fused-ring (bicyclic) bond motifs is 1. The Labute approximate surface area is 166 Å². The molecule has 0 aliphatic heterocycles. The molecule has 136 valence electrons. The number of halogens is 3. The van der Waals surface area contributed by atoms with Crippen molar-refractivity contribution in [3.8, 4) is 17.1 Å². The largest absolute Gasteiger partial charge is 0.291 e. The van der Waals surface area contributed by atoms with Crippen molar-refractivity contribution in [3.05, 3.63) is 69.6 Å². The zero-order chi connectivity index (χ0) is 19.0. The molecule has 0 unspecified atom stereocenters. The Hall–Kier alpha value is -2.58. The van der Waals surface area contributed by atoms with Gasteiger partial charge >= 0.3 is 0 Å². The monoisotopic (exact) mass is 447 g/mol. The van der Waals surface area contributed by atoms with Gasteiger partial charge in [-0.2, -0.15) is 5.10 Å². The Morgan fingerprint density at radius 1 is 1.11 bits per heavy atom. The molecular weight excluding hydrogens is 437 g/mol. The predicted octanol–water partition coefficient (Wildman–Crippen LogP) is 3.78. The Balaban J connectivity index is 1.99. The van der Waals surface area contributed by atoms with Crippen LogP contribution in [0.25, 0.3) is 28.1 Å². The molecule has 0 aliphatic rings. The van der Waals surface area contributed by atoms with Crippen molar-refractivity contribution in [2.45, 2.75) is 6.54 Å². The normalized spacial score (nSPS) is 11.2. The number of benzene rings is 1. The standard InChI is InChI=1S/C18H12BrClFN5O/c19-15-6-1-11(9-22-15)16-24-17-14(18(27)25(16)8-7-20)10-23-26(17)13-4-2-12(21)3-5-13/h1-6,9-10H,7-8H2. The predicted molar refractivity (Wildman–Crippen MR) is 105 cm³/mol. The fraction of sp³-hybridized carbons (Fsp3) is 0.111. The van der Waals surface area contributed by atoms with E-state index in [1.807, 2.05) is 6.07 Å². The number of hydrogen-bond acceptors (Lipinski definition) is 4. The third-order valence-electron chi connectivity index (χ3n) is 4.05. The third kappa shape index (κ3) is 3.26. The maximum absolute atomic E-state index is 13.2. The quantitative estimate of drug-likeness (QED) is 0.352. The Bertz CT molecular complexity index is 1170. The van der Waals surface area contributed by atoms with Gasteiger partial charge in [0.2, 0.25) is 0 Å². The third-order valence-corrected chi connectivity index (χ3v) is 4.69. The van der Waals surface area contributed by atoms with Gasteiger partial charge in [0.25, 0.3) is 5.56 Å². The van der Waals surface area contributed by atoms with Gasteiger partial charge in [0.05, 0.1) is 11.9 Å². The van der Waals surface area contributed by atoms with Gasteiger partial charge in [0, 0.05) is 24.2 Å². The Morgan fingerprint density at radius 3 is 2.56 bits per heavy atom. The molecule has 6 nitrogen and oxygen atoms in total. The minimum absolute atomic E-state index is 0.244. The molecule has 1 aromatic carbocycles. The molecule has 0 atom stereocenters. The smallest absolute Gasteiger partial charge is 0.264 e. The zero-order valence-electron chi connectivity index (χ0n) is 13.8. The molecule has 4 aromatic rings. The first-order valence-corrected chi connectivity index (χ1v) is 9.33. The van der Waals surface area contributed by atoms with Crippen LogP contribution in [0.5, 0.6) is 0 Å². The van der Waals surface area contributed by atoms with Crippen LogP contribution in [0.15, 0.2) is 58.2 Å². The molecule has 3 heterocycles.